The highest BCUT2D eigenvalue weighted by molar-refractivity contribution is 7.92. The number of thiazole rings is 1. The lowest BCUT2D eigenvalue weighted by Gasteiger charge is -2.19. The molecule has 4 aromatic rings. The maximum atomic E-state index is 13.0. The highest BCUT2D eigenvalue weighted by Gasteiger charge is 2.21. The fourth-order valence-electron chi connectivity index (χ4n) is 3.03. The predicted octanol–water partition coefficient (Wildman–Crippen LogP) is 4.21. The average molecular weight is 465 g/mol. The van der Waals surface area contributed by atoms with E-state index in [9.17, 15) is 13.2 Å². The standard InChI is InChI=1S/C23H20N4O3S2/c1-27(19-9-3-2-4-10-19)32(29,30)20-11-7-8-17(14-20)25-22(28)15-18-16-31-23(26-18)21-12-5-6-13-24-21/h2-14,16H,15H2,1H3,(H,25,28). The maximum Gasteiger partial charge on any atom is 0.264 e. The van der Waals surface area contributed by atoms with E-state index >= 15 is 0 Å². The summed E-state index contributed by atoms with van der Waals surface area (Å²) in [6, 6.07) is 20.6. The first-order valence-corrected chi connectivity index (χ1v) is 12.1. The van der Waals surface area contributed by atoms with E-state index < -0.39 is 10.0 Å². The number of nitrogens with one attached hydrogen (secondary N) is 1. The highest BCUT2D eigenvalue weighted by atomic mass is 32.2. The van der Waals surface area contributed by atoms with Gasteiger partial charge < -0.3 is 5.32 Å². The van der Waals surface area contributed by atoms with E-state index in [1.165, 1.54) is 34.8 Å². The number of hydrogen-bond donors (Lipinski definition) is 1. The van der Waals surface area contributed by atoms with Gasteiger partial charge in [0.05, 0.1) is 28.4 Å². The highest BCUT2D eigenvalue weighted by Crippen LogP contribution is 2.24. The van der Waals surface area contributed by atoms with Crippen LogP contribution in [0.5, 0.6) is 0 Å². The molecule has 9 heteroatoms. The number of carbonyl (C=O) groups excluding carboxylic acids is 1. The van der Waals surface area contributed by atoms with E-state index in [1.807, 2.05) is 29.6 Å². The molecule has 0 spiro atoms. The molecule has 2 aromatic carbocycles. The van der Waals surface area contributed by atoms with Gasteiger partial charge >= 0.3 is 0 Å². The van der Waals surface area contributed by atoms with Crippen molar-refractivity contribution in [2.45, 2.75) is 11.3 Å². The summed E-state index contributed by atoms with van der Waals surface area (Å²) in [5, 5.41) is 5.32. The van der Waals surface area contributed by atoms with Crippen molar-refractivity contribution in [2.24, 2.45) is 0 Å². The lowest BCUT2D eigenvalue weighted by atomic mass is 10.3. The van der Waals surface area contributed by atoms with Gasteiger partial charge in [0.25, 0.3) is 10.0 Å². The van der Waals surface area contributed by atoms with Crippen molar-refractivity contribution in [3.8, 4) is 10.7 Å². The largest absolute Gasteiger partial charge is 0.326 e. The van der Waals surface area contributed by atoms with Crippen LogP contribution in [0.4, 0.5) is 11.4 Å². The van der Waals surface area contributed by atoms with Crippen LogP contribution < -0.4 is 9.62 Å². The van der Waals surface area contributed by atoms with E-state index in [-0.39, 0.29) is 17.2 Å². The van der Waals surface area contributed by atoms with Gasteiger partial charge in [0.15, 0.2) is 0 Å². The van der Waals surface area contributed by atoms with Gasteiger partial charge in [0.2, 0.25) is 5.91 Å². The Balaban J connectivity index is 1.46. The lowest BCUT2D eigenvalue weighted by Crippen LogP contribution is -2.26. The summed E-state index contributed by atoms with van der Waals surface area (Å²) in [6.45, 7) is 0. The zero-order valence-corrected chi connectivity index (χ0v) is 18.8. The summed E-state index contributed by atoms with van der Waals surface area (Å²) in [6.07, 6.45) is 1.77. The first kappa shape index (κ1) is 21.7. The van der Waals surface area contributed by atoms with Crippen molar-refractivity contribution in [1.29, 1.82) is 0 Å². The quantitative estimate of drug-likeness (QED) is 0.442. The number of carbonyl (C=O) groups is 1. The summed E-state index contributed by atoms with van der Waals surface area (Å²) in [5.74, 6) is -0.283. The fourth-order valence-corrected chi connectivity index (χ4v) is 5.07. The first-order chi connectivity index (χ1) is 15.4. The molecule has 0 fully saturated rings. The Morgan fingerprint density at radius 1 is 1.03 bits per heavy atom. The second-order valence-corrected chi connectivity index (χ2v) is 9.75. The molecule has 2 aromatic heterocycles. The molecule has 0 bridgehead atoms. The molecule has 162 valence electrons. The van der Waals surface area contributed by atoms with Gasteiger partial charge in [0.1, 0.15) is 5.01 Å². The Morgan fingerprint density at radius 2 is 1.81 bits per heavy atom. The molecule has 4 rings (SSSR count). The van der Waals surface area contributed by atoms with Crippen LogP contribution in [0, 0.1) is 0 Å². The molecule has 2 heterocycles. The minimum Gasteiger partial charge on any atom is -0.326 e. The van der Waals surface area contributed by atoms with E-state index in [1.54, 1.807) is 42.6 Å². The van der Waals surface area contributed by atoms with Crippen LogP contribution >= 0.6 is 11.3 Å². The molecule has 0 aliphatic heterocycles. The number of pyridine rings is 1. The number of sulfonamides is 1. The van der Waals surface area contributed by atoms with Crippen molar-refractivity contribution in [3.05, 3.63) is 90.1 Å². The van der Waals surface area contributed by atoms with Crippen molar-refractivity contribution in [2.75, 3.05) is 16.7 Å². The molecule has 0 saturated heterocycles. The number of rotatable bonds is 7. The third-order valence-electron chi connectivity index (χ3n) is 4.67. The fraction of sp³-hybridized carbons (Fsp3) is 0.0870. The van der Waals surface area contributed by atoms with Gasteiger partial charge in [-0.05, 0) is 42.5 Å². The molecular weight excluding hydrogens is 444 g/mol. The summed E-state index contributed by atoms with van der Waals surface area (Å²) < 4.78 is 27.2. The van der Waals surface area contributed by atoms with Crippen molar-refractivity contribution in [3.63, 3.8) is 0 Å². The Morgan fingerprint density at radius 3 is 2.56 bits per heavy atom. The number of hydrogen-bond acceptors (Lipinski definition) is 6. The van der Waals surface area contributed by atoms with E-state index in [0.717, 1.165) is 10.7 Å². The number of para-hydroxylation sites is 1. The number of benzene rings is 2. The second kappa shape index (κ2) is 9.29. The number of aromatic nitrogens is 2. The van der Waals surface area contributed by atoms with E-state index in [0.29, 0.717) is 17.1 Å². The van der Waals surface area contributed by atoms with Gasteiger partial charge in [0, 0.05) is 24.3 Å². The molecule has 1 N–H and O–H groups in total. The zero-order chi connectivity index (χ0) is 22.6. The maximum absolute atomic E-state index is 13.0. The average Bonchev–Trinajstić information content (AvgIpc) is 3.28. The van der Waals surface area contributed by atoms with Gasteiger partial charge in [-0.2, -0.15) is 0 Å². The zero-order valence-electron chi connectivity index (χ0n) is 17.2. The van der Waals surface area contributed by atoms with Crippen LogP contribution in [0.1, 0.15) is 5.69 Å². The molecule has 0 saturated carbocycles. The number of anilines is 2. The van der Waals surface area contributed by atoms with Crippen molar-refractivity contribution in [1.82, 2.24) is 9.97 Å². The Bertz CT molecular complexity index is 1320. The Hall–Kier alpha value is -3.56. The van der Waals surface area contributed by atoms with Crippen LogP contribution in [-0.4, -0.2) is 31.3 Å². The molecule has 0 aliphatic carbocycles. The molecule has 0 unspecified atom stereocenters. The van der Waals surface area contributed by atoms with Crippen LogP contribution in [0.15, 0.2) is 89.3 Å². The summed E-state index contributed by atoms with van der Waals surface area (Å²) in [5.41, 5.74) is 2.33. The van der Waals surface area contributed by atoms with Gasteiger partial charge in [-0.3, -0.25) is 14.1 Å². The third kappa shape index (κ3) is 4.84. The minimum atomic E-state index is -3.77. The van der Waals surface area contributed by atoms with E-state index in [4.69, 9.17) is 0 Å². The molecule has 32 heavy (non-hydrogen) atoms. The second-order valence-electron chi connectivity index (χ2n) is 6.92. The molecule has 1 amide bonds. The monoisotopic (exact) mass is 464 g/mol. The summed E-state index contributed by atoms with van der Waals surface area (Å²) in [4.78, 5) is 21.3. The van der Waals surface area contributed by atoms with Crippen LogP contribution in [0.3, 0.4) is 0 Å². The summed E-state index contributed by atoms with van der Waals surface area (Å²) >= 11 is 1.42. The first-order valence-electron chi connectivity index (χ1n) is 9.73. The molecule has 0 aliphatic rings. The smallest absolute Gasteiger partial charge is 0.264 e. The normalized spacial score (nSPS) is 11.2. The van der Waals surface area contributed by atoms with Gasteiger partial charge in [-0.25, -0.2) is 13.4 Å². The van der Waals surface area contributed by atoms with Gasteiger partial charge in [-0.15, -0.1) is 11.3 Å². The Kier molecular flexibility index (Phi) is 6.29. The molecular formula is C23H20N4O3S2. The lowest BCUT2D eigenvalue weighted by molar-refractivity contribution is -0.115. The molecule has 7 nitrogen and oxygen atoms in total. The predicted molar refractivity (Wildman–Crippen MR) is 126 cm³/mol. The number of nitrogens with zero attached hydrogens (tertiary/aromatic N) is 3. The summed E-state index contributed by atoms with van der Waals surface area (Å²) in [7, 11) is -2.27. The van der Waals surface area contributed by atoms with Crippen LogP contribution in [0.25, 0.3) is 10.7 Å². The minimum absolute atomic E-state index is 0.0736. The van der Waals surface area contributed by atoms with Crippen molar-refractivity contribution >= 4 is 38.6 Å². The van der Waals surface area contributed by atoms with Crippen LogP contribution in [0.2, 0.25) is 0 Å². The molecule has 0 atom stereocenters. The Labute approximate surface area is 190 Å². The van der Waals surface area contributed by atoms with Crippen molar-refractivity contribution < 1.29 is 13.2 Å². The SMILES string of the molecule is CN(c1ccccc1)S(=O)(=O)c1cccc(NC(=O)Cc2csc(-c3ccccn3)n2)c1. The number of amides is 1. The van der Waals surface area contributed by atoms with E-state index in [2.05, 4.69) is 15.3 Å². The third-order valence-corrected chi connectivity index (χ3v) is 7.37. The van der Waals surface area contributed by atoms with Gasteiger partial charge in [-0.1, -0.05) is 30.3 Å². The molecule has 0 radical (unpaired) electrons. The van der Waals surface area contributed by atoms with Crippen LogP contribution in [-0.2, 0) is 21.2 Å². The topological polar surface area (TPSA) is 92.3 Å².